The lowest BCUT2D eigenvalue weighted by molar-refractivity contribution is 0.0746. The molecule has 2 N–H and O–H groups in total. The van der Waals surface area contributed by atoms with Crippen molar-refractivity contribution in [3.63, 3.8) is 0 Å². The predicted molar refractivity (Wildman–Crippen MR) is 129 cm³/mol. The van der Waals surface area contributed by atoms with E-state index in [1.165, 1.54) is 0 Å². The Bertz CT molecular complexity index is 1270. The number of carbonyl (C=O) groups excluding carboxylic acids is 1. The van der Waals surface area contributed by atoms with Crippen LogP contribution < -0.4 is 14.9 Å². The van der Waals surface area contributed by atoms with Crippen LogP contribution in [0.15, 0.2) is 77.7 Å². The number of para-hydroxylation sites is 1. The summed E-state index contributed by atoms with van der Waals surface area (Å²) in [5.41, 5.74) is 2.97. The zero-order valence-corrected chi connectivity index (χ0v) is 19.3. The Balaban J connectivity index is 1.25. The molecule has 0 saturated carbocycles. The van der Waals surface area contributed by atoms with Crippen molar-refractivity contribution in [1.29, 1.82) is 0 Å². The van der Waals surface area contributed by atoms with Crippen LogP contribution in [0, 0.1) is 0 Å². The van der Waals surface area contributed by atoms with Crippen molar-refractivity contribution in [2.24, 2.45) is 0 Å². The number of halogens is 1. The quantitative estimate of drug-likeness (QED) is 0.595. The highest BCUT2D eigenvalue weighted by atomic mass is 35.5. The highest BCUT2D eigenvalue weighted by molar-refractivity contribution is 7.89. The number of rotatable bonds is 3. The Kier molecular flexibility index (Phi) is 5.74. The van der Waals surface area contributed by atoms with Crippen molar-refractivity contribution < 1.29 is 13.2 Å². The molecule has 170 valence electrons. The molecule has 9 heteroatoms. The Morgan fingerprint density at radius 3 is 2.24 bits per heavy atom. The van der Waals surface area contributed by atoms with Crippen LogP contribution >= 0.6 is 11.6 Å². The summed E-state index contributed by atoms with van der Waals surface area (Å²) in [6.07, 6.45) is -0.600. The Labute approximate surface area is 198 Å². The van der Waals surface area contributed by atoms with E-state index in [1.807, 2.05) is 29.2 Å². The van der Waals surface area contributed by atoms with E-state index in [0.717, 1.165) is 24.3 Å². The molecule has 2 heterocycles. The smallest absolute Gasteiger partial charge is 0.253 e. The van der Waals surface area contributed by atoms with Gasteiger partial charge in [0.05, 0.1) is 5.69 Å². The van der Waals surface area contributed by atoms with E-state index in [9.17, 15) is 13.2 Å². The monoisotopic (exact) mass is 482 g/mol. The van der Waals surface area contributed by atoms with Crippen LogP contribution in [-0.4, -0.2) is 45.4 Å². The van der Waals surface area contributed by atoms with Crippen LogP contribution in [0.4, 0.5) is 11.4 Å². The molecular weight excluding hydrogens is 460 g/mol. The second-order valence-corrected chi connectivity index (χ2v) is 10.2. The van der Waals surface area contributed by atoms with E-state index < -0.39 is 16.2 Å². The van der Waals surface area contributed by atoms with Gasteiger partial charge < -0.3 is 15.1 Å². The molecule has 7 nitrogen and oxygen atoms in total. The number of nitrogens with zero attached hydrogens (tertiary/aromatic N) is 2. The number of anilines is 2. The van der Waals surface area contributed by atoms with Crippen LogP contribution in [-0.2, 0) is 10.0 Å². The molecule has 2 aliphatic rings. The lowest BCUT2D eigenvalue weighted by Gasteiger charge is -2.36. The van der Waals surface area contributed by atoms with Crippen molar-refractivity contribution in [3.8, 4) is 0 Å². The average Bonchev–Trinajstić information content (AvgIpc) is 2.84. The molecule has 0 bridgehead atoms. The lowest BCUT2D eigenvalue weighted by Crippen LogP contribution is -2.48. The molecule has 1 saturated heterocycles. The maximum Gasteiger partial charge on any atom is 0.253 e. The normalized spacial score (nSPS) is 19.5. The molecule has 1 amide bonds. The molecule has 0 aromatic heterocycles. The van der Waals surface area contributed by atoms with Crippen LogP contribution in [0.1, 0.15) is 22.1 Å². The van der Waals surface area contributed by atoms with Crippen molar-refractivity contribution in [1.82, 2.24) is 9.62 Å². The van der Waals surface area contributed by atoms with Gasteiger partial charge in [-0.15, -0.1) is 0 Å². The number of amides is 1. The summed E-state index contributed by atoms with van der Waals surface area (Å²) in [6, 6.07) is 21.6. The summed E-state index contributed by atoms with van der Waals surface area (Å²) in [5, 5.41) is 3.91. The third kappa shape index (κ3) is 4.42. The molecule has 3 aromatic rings. The number of benzene rings is 3. The summed E-state index contributed by atoms with van der Waals surface area (Å²) >= 11 is 5.97. The van der Waals surface area contributed by atoms with Crippen molar-refractivity contribution in [3.05, 3.63) is 88.9 Å². The second kappa shape index (κ2) is 8.70. The van der Waals surface area contributed by atoms with E-state index in [0.29, 0.717) is 29.4 Å². The Morgan fingerprint density at radius 2 is 1.55 bits per heavy atom. The van der Waals surface area contributed by atoms with Crippen LogP contribution in [0.25, 0.3) is 0 Å². The molecule has 1 fully saturated rings. The highest BCUT2D eigenvalue weighted by Crippen LogP contribution is 2.31. The topological polar surface area (TPSA) is 81.7 Å². The number of fused-ring (bicyclic) bond motifs is 1. The first-order valence-corrected chi connectivity index (χ1v) is 12.5. The fraction of sp³-hybridized carbons (Fsp3) is 0.208. The summed E-state index contributed by atoms with van der Waals surface area (Å²) in [4.78, 5) is 17.3. The van der Waals surface area contributed by atoms with E-state index in [4.69, 9.17) is 11.6 Å². The van der Waals surface area contributed by atoms with Gasteiger partial charge in [-0.1, -0.05) is 35.9 Å². The molecule has 0 unspecified atom stereocenters. The number of piperazine rings is 1. The maximum atomic E-state index is 13.0. The van der Waals surface area contributed by atoms with Gasteiger partial charge >= 0.3 is 0 Å². The van der Waals surface area contributed by atoms with Crippen LogP contribution in [0.3, 0.4) is 0 Å². The van der Waals surface area contributed by atoms with Gasteiger partial charge in [0.15, 0.2) is 0 Å². The van der Waals surface area contributed by atoms with Crippen LogP contribution in [0.2, 0.25) is 5.02 Å². The van der Waals surface area contributed by atoms with E-state index in [2.05, 4.69) is 14.9 Å². The Hall–Kier alpha value is -3.07. The molecule has 0 aliphatic carbocycles. The average molecular weight is 483 g/mol. The maximum absolute atomic E-state index is 13.0. The number of nitrogens with one attached hydrogen (secondary N) is 2. The van der Waals surface area contributed by atoms with Gasteiger partial charge in [0.2, 0.25) is 10.0 Å². The van der Waals surface area contributed by atoms with Crippen LogP contribution in [0.5, 0.6) is 0 Å². The summed E-state index contributed by atoms with van der Waals surface area (Å²) in [5.74, 6) is -0.0279. The minimum absolute atomic E-state index is 0.0279. The fourth-order valence-electron chi connectivity index (χ4n) is 4.20. The van der Waals surface area contributed by atoms with Gasteiger partial charge in [-0.2, -0.15) is 4.72 Å². The highest BCUT2D eigenvalue weighted by Gasteiger charge is 2.30. The van der Waals surface area contributed by atoms with Gasteiger partial charge in [0.25, 0.3) is 5.91 Å². The SMILES string of the molecule is O=C(c1ccc([C@@H]2Nc3ccccc3S(=O)(=O)N2)cc1)N1CCN(c2ccc(Cl)cc2)CC1. The van der Waals surface area contributed by atoms with Gasteiger partial charge in [0, 0.05) is 42.5 Å². The molecule has 3 aromatic carbocycles. The first kappa shape index (κ1) is 21.8. The molecule has 2 aliphatic heterocycles. The van der Waals surface area contributed by atoms with Gasteiger partial charge in [0.1, 0.15) is 11.1 Å². The lowest BCUT2D eigenvalue weighted by atomic mass is 10.1. The first-order chi connectivity index (χ1) is 15.9. The van der Waals surface area contributed by atoms with Crippen molar-refractivity contribution in [2.45, 2.75) is 11.1 Å². The zero-order valence-electron chi connectivity index (χ0n) is 17.7. The van der Waals surface area contributed by atoms with Crippen molar-refractivity contribution >= 4 is 38.9 Å². The molecule has 33 heavy (non-hydrogen) atoms. The number of sulfonamides is 1. The molecule has 0 spiro atoms. The van der Waals surface area contributed by atoms with E-state index in [1.54, 1.807) is 48.5 Å². The predicted octanol–water partition coefficient (Wildman–Crippen LogP) is 3.71. The zero-order chi connectivity index (χ0) is 23.0. The van der Waals surface area contributed by atoms with Crippen molar-refractivity contribution in [2.75, 3.05) is 36.4 Å². The third-order valence-corrected chi connectivity index (χ3v) is 7.73. The third-order valence-electron chi connectivity index (χ3n) is 6.00. The number of hydrogen-bond donors (Lipinski definition) is 2. The summed E-state index contributed by atoms with van der Waals surface area (Å²) in [7, 11) is -3.61. The van der Waals surface area contributed by atoms with Gasteiger partial charge in [-0.25, -0.2) is 8.42 Å². The standard InChI is InChI=1S/C24H23ClN4O3S/c25-19-9-11-20(12-10-19)28-13-15-29(16-14-28)24(30)18-7-5-17(6-8-18)23-26-21-3-1-2-4-22(21)33(31,32)27-23/h1-12,23,26-27H,13-16H2/t23-/m1/s1. The molecule has 5 rings (SSSR count). The Morgan fingerprint density at radius 1 is 0.879 bits per heavy atom. The van der Waals surface area contributed by atoms with Gasteiger partial charge in [-0.3, -0.25) is 4.79 Å². The first-order valence-electron chi connectivity index (χ1n) is 10.7. The molecule has 1 atom stereocenters. The van der Waals surface area contributed by atoms with Gasteiger partial charge in [-0.05, 0) is 54.1 Å². The molecule has 0 radical (unpaired) electrons. The number of hydrogen-bond acceptors (Lipinski definition) is 5. The van der Waals surface area contributed by atoms with E-state index in [-0.39, 0.29) is 10.8 Å². The fourth-order valence-corrected chi connectivity index (χ4v) is 5.63. The van der Waals surface area contributed by atoms with E-state index >= 15 is 0 Å². The largest absolute Gasteiger partial charge is 0.368 e. The number of carbonyl (C=O) groups is 1. The minimum Gasteiger partial charge on any atom is -0.368 e. The molecular formula is C24H23ClN4O3S. The summed E-state index contributed by atoms with van der Waals surface area (Å²) < 4.78 is 27.8. The minimum atomic E-state index is -3.61. The second-order valence-electron chi connectivity index (χ2n) is 8.07. The summed E-state index contributed by atoms with van der Waals surface area (Å²) in [6.45, 7) is 2.76.